The first-order valence-electron chi connectivity index (χ1n) is 11.7. The predicted octanol–water partition coefficient (Wildman–Crippen LogP) is 9.29. The quantitative estimate of drug-likeness (QED) is 0.462. The van der Waals surface area contributed by atoms with E-state index in [0.717, 1.165) is 0 Å². The summed E-state index contributed by atoms with van der Waals surface area (Å²) < 4.78 is 0. The fourth-order valence-electron chi connectivity index (χ4n) is 4.17. The summed E-state index contributed by atoms with van der Waals surface area (Å²) in [6, 6.07) is 7.52. The molecule has 0 aromatic heterocycles. The average Bonchev–Trinajstić information content (AvgIpc) is 2.51. The van der Waals surface area contributed by atoms with Crippen LogP contribution >= 0.6 is 0 Å². The third kappa shape index (κ3) is 4.47. The third-order valence-corrected chi connectivity index (χ3v) is 9.73. The lowest BCUT2D eigenvalue weighted by atomic mass is 9.52. The van der Waals surface area contributed by atoms with Gasteiger partial charge in [-0.2, -0.15) is 0 Å². The van der Waals surface area contributed by atoms with Crippen LogP contribution in [0.3, 0.4) is 0 Å². The van der Waals surface area contributed by atoms with Crippen LogP contribution in [0.2, 0.25) is 0 Å². The Kier molecular flexibility index (Phi) is 6.72. The lowest BCUT2D eigenvalue weighted by Gasteiger charge is -2.52. The van der Waals surface area contributed by atoms with E-state index in [4.69, 9.17) is 0 Å². The van der Waals surface area contributed by atoms with E-state index in [-0.39, 0.29) is 32.5 Å². The first-order valence-corrected chi connectivity index (χ1v) is 11.7. The van der Waals surface area contributed by atoms with E-state index in [9.17, 15) is 0 Å². The SMILES string of the molecule is CC(C)C(C)(C)C(C)(C)c1cc(C(C)(C)C)cc(C(C)(C)C(C)(C)C(C)(C)C)c1. The highest BCUT2D eigenvalue weighted by molar-refractivity contribution is 5.42. The highest BCUT2D eigenvalue weighted by atomic mass is 14.5. The van der Waals surface area contributed by atoms with Crippen LogP contribution < -0.4 is 0 Å². The molecule has 0 spiro atoms. The van der Waals surface area contributed by atoms with Gasteiger partial charge in [0.1, 0.15) is 0 Å². The molecule has 0 aliphatic rings. The second kappa shape index (κ2) is 7.42. The van der Waals surface area contributed by atoms with Gasteiger partial charge in [0.15, 0.2) is 0 Å². The molecule has 0 saturated heterocycles. The van der Waals surface area contributed by atoms with Gasteiger partial charge in [-0.3, -0.25) is 0 Å². The molecule has 0 amide bonds. The molecular weight excluding hydrogens is 348 g/mol. The van der Waals surface area contributed by atoms with Crippen molar-refractivity contribution >= 4 is 0 Å². The summed E-state index contributed by atoms with van der Waals surface area (Å²) in [5, 5.41) is 0. The zero-order valence-corrected chi connectivity index (χ0v) is 22.8. The number of hydrogen-bond donors (Lipinski definition) is 0. The molecule has 0 aliphatic heterocycles. The molecule has 0 saturated carbocycles. The monoisotopic (exact) mass is 400 g/mol. The average molecular weight is 401 g/mol. The van der Waals surface area contributed by atoms with Gasteiger partial charge < -0.3 is 0 Å². The van der Waals surface area contributed by atoms with Crippen molar-refractivity contribution in [3.8, 4) is 0 Å². The van der Waals surface area contributed by atoms with Crippen LogP contribution in [0.4, 0.5) is 0 Å². The Morgan fingerprint density at radius 3 is 1.17 bits per heavy atom. The standard InChI is InChI=1S/C29H52/c1-20(2)26(9,10)27(11,12)22-17-21(24(3,4)5)18-23(19-22)28(13,14)29(15,16)25(6,7)8/h17-20H,1-16H3. The molecule has 1 rings (SSSR count). The second-order valence-electron chi connectivity index (χ2n) is 14.1. The van der Waals surface area contributed by atoms with Crippen LogP contribution in [0, 0.1) is 22.2 Å². The minimum absolute atomic E-state index is 0.0549. The van der Waals surface area contributed by atoms with Gasteiger partial charge in [-0.25, -0.2) is 0 Å². The van der Waals surface area contributed by atoms with E-state index < -0.39 is 0 Å². The highest BCUT2D eigenvalue weighted by Gasteiger charge is 2.47. The van der Waals surface area contributed by atoms with Crippen molar-refractivity contribution < 1.29 is 0 Å². The first kappa shape index (κ1) is 26.3. The molecule has 1 aromatic rings. The fourth-order valence-corrected chi connectivity index (χ4v) is 4.17. The molecule has 0 fully saturated rings. The summed E-state index contributed by atoms with van der Waals surface area (Å²) in [5.41, 5.74) is 5.24. The van der Waals surface area contributed by atoms with Gasteiger partial charge in [-0.15, -0.1) is 0 Å². The first-order chi connectivity index (χ1) is 12.5. The zero-order chi connectivity index (χ0) is 23.4. The van der Waals surface area contributed by atoms with E-state index in [1.807, 2.05) is 0 Å². The summed E-state index contributed by atoms with van der Waals surface area (Å²) in [6.45, 7) is 38.5. The Balaban J connectivity index is 3.88. The molecule has 29 heavy (non-hydrogen) atoms. The van der Waals surface area contributed by atoms with Gasteiger partial charge in [-0.05, 0) is 55.1 Å². The Hall–Kier alpha value is -0.780. The van der Waals surface area contributed by atoms with Crippen molar-refractivity contribution in [1.82, 2.24) is 0 Å². The summed E-state index contributed by atoms with van der Waals surface area (Å²) in [4.78, 5) is 0. The van der Waals surface area contributed by atoms with Gasteiger partial charge in [0.05, 0.1) is 0 Å². The molecule has 0 radical (unpaired) electrons. The summed E-state index contributed by atoms with van der Waals surface area (Å²) in [6.07, 6.45) is 0. The van der Waals surface area contributed by atoms with Crippen molar-refractivity contribution in [2.75, 3.05) is 0 Å². The Morgan fingerprint density at radius 2 is 0.862 bits per heavy atom. The van der Waals surface area contributed by atoms with E-state index in [1.165, 1.54) is 16.7 Å². The molecule has 1 aromatic carbocycles. The van der Waals surface area contributed by atoms with Crippen molar-refractivity contribution in [2.24, 2.45) is 22.2 Å². The van der Waals surface area contributed by atoms with E-state index in [0.29, 0.717) is 5.92 Å². The van der Waals surface area contributed by atoms with Gasteiger partial charge in [0, 0.05) is 0 Å². The number of hydrogen-bond acceptors (Lipinski definition) is 0. The molecule has 0 heteroatoms. The topological polar surface area (TPSA) is 0 Å². The van der Waals surface area contributed by atoms with Gasteiger partial charge in [-0.1, -0.05) is 129 Å². The van der Waals surface area contributed by atoms with E-state index >= 15 is 0 Å². The van der Waals surface area contributed by atoms with Gasteiger partial charge >= 0.3 is 0 Å². The maximum Gasteiger partial charge on any atom is -0.00472 e. The van der Waals surface area contributed by atoms with E-state index in [2.05, 4.69) is 129 Å². The molecule has 0 heterocycles. The smallest absolute Gasteiger partial charge is 0.00472 e. The van der Waals surface area contributed by atoms with Crippen molar-refractivity contribution in [2.45, 2.75) is 127 Å². The Labute approximate surface area is 184 Å². The zero-order valence-electron chi connectivity index (χ0n) is 22.8. The molecule has 168 valence electrons. The van der Waals surface area contributed by atoms with Crippen LogP contribution in [-0.2, 0) is 16.2 Å². The maximum atomic E-state index is 2.53. The largest absolute Gasteiger partial charge is 0.0622 e. The second-order valence-corrected chi connectivity index (χ2v) is 14.1. The molecule has 0 N–H and O–H groups in total. The predicted molar refractivity (Wildman–Crippen MR) is 133 cm³/mol. The van der Waals surface area contributed by atoms with E-state index in [1.54, 1.807) is 0 Å². The lowest BCUT2D eigenvalue weighted by molar-refractivity contribution is 0.0452. The maximum absolute atomic E-state index is 2.53. The normalized spacial score (nSPS) is 15.2. The minimum atomic E-state index is 0.0549. The van der Waals surface area contributed by atoms with Crippen molar-refractivity contribution in [1.29, 1.82) is 0 Å². The van der Waals surface area contributed by atoms with Crippen LogP contribution in [0.25, 0.3) is 0 Å². The minimum Gasteiger partial charge on any atom is -0.0622 e. The number of benzene rings is 1. The van der Waals surface area contributed by atoms with Crippen molar-refractivity contribution in [3.05, 3.63) is 34.9 Å². The molecule has 0 bridgehead atoms. The Morgan fingerprint density at radius 1 is 0.517 bits per heavy atom. The lowest BCUT2D eigenvalue weighted by Crippen LogP contribution is -2.46. The van der Waals surface area contributed by atoms with Crippen LogP contribution in [-0.4, -0.2) is 0 Å². The number of rotatable bonds is 5. The van der Waals surface area contributed by atoms with Crippen molar-refractivity contribution in [3.63, 3.8) is 0 Å². The summed E-state index contributed by atoms with van der Waals surface area (Å²) in [5.74, 6) is 0.610. The van der Waals surface area contributed by atoms with Gasteiger partial charge in [0.25, 0.3) is 0 Å². The molecule has 0 nitrogen and oxygen atoms in total. The molecular formula is C29H52. The summed E-state index contributed by atoms with van der Waals surface area (Å²) >= 11 is 0. The fraction of sp³-hybridized carbons (Fsp3) is 0.793. The Bertz CT molecular complexity index is 709. The third-order valence-electron chi connectivity index (χ3n) is 9.73. The van der Waals surface area contributed by atoms with Crippen LogP contribution in [0.1, 0.15) is 127 Å². The van der Waals surface area contributed by atoms with Gasteiger partial charge in [0.2, 0.25) is 0 Å². The highest BCUT2D eigenvalue weighted by Crippen LogP contribution is 2.54. The molecule has 0 atom stereocenters. The van der Waals surface area contributed by atoms with Crippen LogP contribution in [0.15, 0.2) is 18.2 Å². The summed E-state index contributed by atoms with van der Waals surface area (Å²) in [7, 11) is 0. The molecule has 0 unspecified atom stereocenters. The van der Waals surface area contributed by atoms with Crippen LogP contribution in [0.5, 0.6) is 0 Å². The molecule has 0 aliphatic carbocycles.